The lowest BCUT2D eigenvalue weighted by atomic mass is 9.83. The Hall–Kier alpha value is -2.79. The molecule has 252 valence electrons. The number of rotatable bonds is 17. The van der Waals surface area contributed by atoms with Crippen LogP contribution in [0.5, 0.6) is 5.75 Å². The molecular weight excluding hydrogens is 582 g/mol. The highest BCUT2D eigenvalue weighted by Crippen LogP contribution is 2.39. The van der Waals surface area contributed by atoms with Crippen molar-refractivity contribution in [2.45, 2.75) is 112 Å². The Labute approximate surface area is 274 Å². The molecule has 1 amide bonds. The van der Waals surface area contributed by atoms with Crippen LogP contribution < -0.4 is 10.5 Å². The molecule has 3 N–H and O–H groups in total. The fraction of sp³-hybridized carbons (Fsp3) is 0.622. The molecule has 1 aromatic rings. The van der Waals surface area contributed by atoms with Crippen molar-refractivity contribution in [1.82, 2.24) is 0 Å². The lowest BCUT2D eigenvalue weighted by molar-refractivity contribution is 0.000962. The summed E-state index contributed by atoms with van der Waals surface area (Å²) in [5.41, 5.74) is 11.1. The van der Waals surface area contributed by atoms with Crippen molar-refractivity contribution < 1.29 is 28.5 Å². The summed E-state index contributed by atoms with van der Waals surface area (Å²) in [5.74, 6) is 2.94. The SMILES string of the molecule is C#CC=C=C(C)[C@H](OC(N)=O)[C@@H](C)[C@H](O)[C@@H](C)C/C(C)=C\[C@H](C)[C@@H](O[Si](C)(C)C(C)(C)C)[C@@H](C)COCc1ccc(OC)cc1. The van der Waals surface area contributed by atoms with Gasteiger partial charge in [-0.2, -0.15) is 0 Å². The van der Waals surface area contributed by atoms with Crippen LogP contribution >= 0.6 is 0 Å². The van der Waals surface area contributed by atoms with Gasteiger partial charge in [0, 0.05) is 23.5 Å². The summed E-state index contributed by atoms with van der Waals surface area (Å²) in [4.78, 5) is 11.6. The van der Waals surface area contributed by atoms with Crippen molar-refractivity contribution in [3.8, 4) is 18.1 Å². The molecule has 0 aromatic heterocycles. The zero-order valence-corrected chi connectivity index (χ0v) is 30.8. The second-order valence-corrected chi connectivity index (χ2v) is 18.8. The van der Waals surface area contributed by atoms with E-state index in [2.05, 4.69) is 72.4 Å². The molecule has 8 heteroatoms. The molecule has 0 saturated carbocycles. The monoisotopic (exact) mass is 641 g/mol. The fourth-order valence-corrected chi connectivity index (χ4v) is 6.81. The van der Waals surface area contributed by atoms with E-state index in [0.717, 1.165) is 16.9 Å². The van der Waals surface area contributed by atoms with E-state index in [9.17, 15) is 9.90 Å². The largest absolute Gasteiger partial charge is 0.497 e. The maximum Gasteiger partial charge on any atom is 0.405 e. The summed E-state index contributed by atoms with van der Waals surface area (Å²) in [5, 5.41) is 11.4. The Balaban J connectivity index is 3.11. The van der Waals surface area contributed by atoms with Gasteiger partial charge in [0.1, 0.15) is 11.9 Å². The molecule has 0 aliphatic heterocycles. The molecule has 0 saturated heterocycles. The van der Waals surface area contributed by atoms with Gasteiger partial charge in [-0.15, -0.1) is 12.2 Å². The van der Waals surface area contributed by atoms with Crippen molar-refractivity contribution in [2.24, 2.45) is 29.4 Å². The van der Waals surface area contributed by atoms with Crippen LogP contribution in [0.25, 0.3) is 0 Å². The number of primary amides is 1. The quantitative estimate of drug-likeness (QED) is 0.0773. The number of nitrogens with two attached hydrogens (primary N) is 1. The first-order chi connectivity index (χ1) is 20.8. The summed E-state index contributed by atoms with van der Waals surface area (Å²) in [6.07, 6.45) is 7.21. The number of terminal acetylenes is 1. The zero-order valence-electron chi connectivity index (χ0n) is 29.8. The standard InChI is InChI=1S/C37H59NO6Si/c1-14-15-16-26(3)35(43-36(38)40)30(7)33(39)27(4)21-25(2)22-28(5)34(44-45(12,13)37(8,9)10)29(6)23-42-24-31-17-19-32(41-11)20-18-31/h1,15,17-20,22,27-30,33-35,39H,21,23-24H2,2-13H3,(H2,38,40)/b25-22-/t16?,27-,28-,29-,30-,33+,34+,35-/m0/s1. The van der Waals surface area contributed by atoms with Gasteiger partial charge < -0.3 is 29.5 Å². The maximum atomic E-state index is 11.6. The van der Waals surface area contributed by atoms with Gasteiger partial charge >= 0.3 is 6.09 Å². The minimum Gasteiger partial charge on any atom is -0.497 e. The van der Waals surface area contributed by atoms with Crippen LogP contribution in [0.4, 0.5) is 4.79 Å². The Bertz CT molecular complexity index is 1200. The number of carbonyl (C=O) groups excluding carboxylic acids is 1. The van der Waals surface area contributed by atoms with Gasteiger partial charge in [-0.1, -0.05) is 78.2 Å². The van der Waals surface area contributed by atoms with E-state index in [1.165, 1.54) is 6.08 Å². The predicted octanol–water partition coefficient (Wildman–Crippen LogP) is 8.04. The first-order valence-corrected chi connectivity index (χ1v) is 18.8. The predicted molar refractivity (Wildman–Crippen MR) is 186 cm³/mol. The summed E-state index contributed by atoms with van der Waals surface area (Å²) in [6.45, 7) is 24.5. The van der Waals surface area contributed by atoms with Crippen LogP contribution in [0, 0.1) is 36.0 Å². The Morgan fingerprint density at radius 1 is 1.09 bits per heavy atom. The molecule has 0 aliphatic carbocycles. The number of aliphatic hydroxyl groups is 1. The van der Waals surface area contributed by atoms with Gasteiger partial charge in [0.25, 0.3) is 0 Å². The average Bonchev–Trinajstić information content (AvgIpc) is 2.95. The lowest BCUT2D eigenvalue weighted by Gasteiger charge is -2.42. The minimum atomic E-state index is -2.08. The van der Waals surface area contributed by atoms with Gasteiger partial charge in [-0.05, 0) is 67.9 Å². The topological polar surface area (TPSA) is 100 Å². The van der Waals surface area contributed by atoms with E-state index >= 15 is 0 Å². The van der Waals surface area contributed by atoms with Gasteiger partial charge in [0.15, 0.2) is 8.32 Å². The van der Waals surface area contributed by atoms with E-state index in [4.69, 9.17) is 30.8 Å². The molecule has 1 rings (SSSR count). The Morgan fingerprint density at radius 2 is 1.69 bits per heavy atom. The molecule has 0 radical (unpaired) electrons. The highest BCUT2D eigenvalue weighted by molar-refractivity contribution is 6.74. The number of aliphatic hydroxyl groups excluding tert-OH is 1. The van der Waals surface area contributed by atoms with Crippen molar-refractivity contribution in [3.05, 3.63) is 58.9 Å². The molecule has 7 nitrogen and oxygen atoms in total. The van der Waals surface area contributed by atoms with Gasteiger partial charge in [-0.3, -0.25) is 0 Å². The van der Waals surface area contributed by atoms with Gasteiger partial charge in [0.2, 0.25) is 0 Å². The number of methoxy groups -OCH3 is 1. The minimum absolute atomic E-state index is 0.0417. The van der Waals surface area contributed by atoms with Crippen LogP contribution in [0.1, 0.15) is 74.3 Å². The number of ether oxygens (including phenoxy) is 3. The molecular formula is C37H59NO6Si. The number of benzene rings is 1. The highest BCUT2D eigenvalue weighted by atomic mass is 28.4. The maximum absolute atomic E-state index is 11.6. The number of hydrogen-bond donors (Lipinski definition) is 2. The van der Waals surface area contributed by atoms with Crippen LogP contribution in [0.2, 0.25) is 18.1 Å². The highest BCUT2D eigenvalue weighted by Gasteiger charge is 2.41. The fourth-order valence-electron chi connectivity index (χ4n) is 5.33. The number of hydrogen-bond acceptors (Lipinski definition) is 6. The molecule has 0 fully saturated rings. The number of amides is 1. The van der Waals surface area contributed by atoms with E-state index < -0.39 is 32.5 Å². The smallest absolute Gasteiger partial charge is 0.405 e. The molecule has 1 aromatic carbocycles. The van der Waals surface area contributed by atoms with E-state index in [1.54, 1.807) is 14.0 Å². The van der Waals surface area contributed by atoms with Crippen LogP contribution in [-0.4, -0.2) is 51.5 Å². The van der Waals surface area contributed by atoms with E-state index in [0.29, 0.717) is 25.2 Å². The molecule has 0 bridgehead atoms. The lowest BCUT2D eigenvalue weighted by Crippen LogP contribution is -2.47. The van der Waals surface area contributed by atoms with Crippen LogP contribution in [0.15, 0.2) is 53.3 Å². The number of carbonyl (C=O) groups is 1. The van der Waals surface area contributed by atoms with E-state index in [-0.39, 0.29) is 28.9 Å². The van der Waals surface area contributed by atoms with Crippen LogP contribution in [-0.2, 0) is 20.5 Å². The summed E-state index contributed by atoms with van der Waals surface area (Å²) in [7, 11) is -0.423. The van der Waals surface area contributed by atoms with Crippen molar-refractivity contribution in [1.29, 1.82) is 0 Å². The number of allylic oxidation sites excluding steroid dienone is 1. The average molecular weight is 642 g/mol. The summed E-state index contributed by atoms with van der Waals surface area (Å²) < 4.78 is 23.8. The molecule has 0 unspecified atom stereocenters. The zero-order chi connectivity index (χ0) is 34.5. The third-order valence-corrected chi connectivity index (χ3v) is 13.4. The summed E-state index contributed by atoms with van der Waals surface area (Å²) >= 11 is 0. The molecule has 0 spiro atoms. The normalized spacial score (nSPS) is 17.0. The second-order valence-electron chi connectivity index (χ2n) is 14.1. The molecule has 45 heavy (non-hydrogen) atoms. The Morgan fingerprint density at radius 3 is 2.20 bits per heavy atom. The molecule has 7 atom stereocenters. The van der Waals surface area contributed by atoms with Gasteiger partial charge in [0.05, 0.1) is 32.5 Å². The van der Waals surface area contributed by atoms with Crippen molar-refractivity contribution in [2.75, 3.05) is 13.7 Å². The third kappa shape index (κ3) is 13.2. The third-order valence-electron chi connectivity index (χ3n) is 8.97. The first kappa shape index (κ1) is 40.2. The van der Waals surface area contributed by atoms with Gasteiger partial charge in [-0.25, -0.2) is 4.79 Å². The van der Waals surface area contributed by atoms with Crippen LogP contribution in [0.3, 0.4) is 0 Å². The van der Waals surface area contributed by atoms with Crippen molar-refractivity contribution >= 4 is 14.4 Å². The summed E-state index contributed by atoms with van der Waals surface area (Å²) in [6, 6.07) is 7.93. The first-order valence-electron chi connectivity index (χ1n) is 15.9. The molecule has 0 aliphatic rings. The molecule has 0 heterocycles. The second kappa shape index (κ2) is 18.4. The van der Waals surface area contributed by atoms with E-state index in [1.807, 2.05) is 38.1 Å². The van der Waals surface area contributed by atoms with Crippen molar-refractivity contribution in [3.63, 3.8) is 0 Å². The Kier molecular flexibility index (Phi) is 16.4.